The molecule has 0 heterocycles. The lowest BCUT2D eigenvalue weighted by molar-refractivity contribution is -0.118. The minimum Gasteiger partial charge on any atom is -0.489 e. The molecule has 194 valence electrons. The summed E-state index contributed by atoms with van der Waals surface area (Å²) in [5.41, 5.74) is 4.21. The van der Waals surface area contributed by atoms with E-state index in [9.17, 15) is 9.59 Å². The van der Waals surface area contributed by atoms with E-state index >= 15 is 0 Å². The number of aryl methyl sites for hydroxylation is 1. The molecule has 6 nitrogen and oxygen atoms in total. The van der Waals surface area contributed by atoms with Gasteiger partial charge in [-0.1, -0.05) is 90.5 Å². The number of benzene rings is 4. The highest BCUT2D eigenvalue weighted by atomic mass is 35.5. The van der Waals surface area contributed by atoms with Gasteiger partial charge in [-0.3, -0.25) is 4.79 Å². The average molecular weight is 529 g/mol. The van der Waals surface area contributed by atoms with Crippen LogP contribution in [-0.2, 0) is 29.2 Å². The Labute approximate surface area is 227 Å². The van der Waals surface area contributed by atoms with Crippen LogP contribution >= 0.6 is 11.6 Å². The molecule has 0 aliphatic heterocycles. The number of hydrogen-bond donors (Lipinski definition) is 2. The molecular weight excluding hydrogens is 500 g/mol. The predicted molar refractivity (Wildman–Crippen MR) is 149 cm³/mol. The number of hydrogen-bond acceptors (Lipinski definition) is 4. The molecule has 0 aliphatic carbocycles. The Balaban J connectivity index is 1.42. The van der Waals surface area contributed by atoms with Gasteiger partial charge in [-0.2, -0.15) is 0 Å². The average Bonchev–Trinajstić information content (AvgIpc) is 2.94. The van der Waals surface area contributed by atoms with Crippen LogP contribution in [0.25, 0.3) is 0 Å². The quantitative estimate of drug-likeness (QED) is 0.240. The largest absolute Gasteiger partial charge is 0.489 e. The van der Waals surface area contributed by atoms with Crippen molar-refractivity contribution in [2.45, 2.75) is 32.6 Å². The van der Waals surface area contributed by atoms with Crippen molar-refractivity contribution in [1.29, 1.82) is 0 Å². The van der Waals surface area contributed by atoms with E-state index in [-0.39, 0.29) is 18.9 Å². The van der Waals surface area contributed by atoms with Gasteiger partial charge in [0.25, 0.3) is 0 Å². The number of amides is 2. The second-order valence-corrected chi connectivity index (χ2v) is 9.27. The molecule has 0 aliphatic rings. The highest BCUT2D eigenvalue weighted by Crippen LogP contribution is 2.21. The predicted octanol–water partition coefficient (Wildman–Crippen LogP) is 6.70. The standard InChI is InChI=1S/C31H29ClN2O4/c1-22-12-15-26(32)19-28(22)33-30(35)29(34-31(36)38-21-25-10-6-3-7-11-25)18-23-13-16-27(17-14-23)37-20-24-8-4-2-5-9-24/h2-17,19,29H,18,20-21H2,1H3,(H,33,35)(H,34,36)/t29-/m1/s1. The van der Waals surface area contributed by atoms with Crippen LogP contribution in [0.1, 0.15) is 22.3 Å². The number of nitrogens with one attached hydrogen (secondary N) is 2. The Bertz CT molecular complexity index is 1350. The van der Waals surface area contributed by atoms with Gasteiger partial charge in [0.1, 0.15) is 25.0 Å². The summed E-state index contributed by atoms with van der Waals surface area (Å²) in [5, 5.41) is 6.10. The molecule has 0 saturated carbocycles. The summed E-state index contributed by atoms with van der Waals surface area (Å²) in [6, 6.07) is 31.1. The van der Waals surface area contributed by atoms with E-state index in [4.69, 9.17) is 21.1 Å². The first-order valence-electron chi connectivity index (χ1n) is 12.3. The number of rotatable bonds is 10. The molecule has 38 heavy (non-hydrogen) atoms. The fraction of sp³-hybridized carbons (Fsp3) is 0.161. The van der Waals surface area contributed by atoms with E-state index in [2.05, 4.69) is 10.6 Å². The normalized spacial score (nSPS) is 11.3. The molecule has 1 atom stereocenters. The SMILES string of the molecule is Cc1ccc(Cl)cc1NC(=O)[C@@H](Cc1ccc(OCc2ccccc2)cc1)NC(=O)OCc1ccccc1. The smallest absolute Gasteiger partial charge is 0.408 e. The van der Waals surface area contributed by atoms with Gasteiger partial charge < -0.3 is 20.1 Å². The lowest BCUT2D eigenvalue weighted by Crippen LogP contribution is -2.45. The molecule has 0 spiro atoms. The fourth-order valence-corrected chi connectivity index (χ4v) is 3.94. The van der Waals surface area contributed by atoms with E-state index < -0.39 is 12.1 Å². The van der Waals surface area contributed by atoms with Crippen LogP contribution in [0.5, 0.6) is 5.75 Å². The molecule has 7 heteroatoms. The van der Waals surface area contributed by atoms with Crippen molar-refractivity contribution in [2.75, 3.05) is 5.32 Å². The first-order chi connectivity index (χ1) is 18.5. The summed E-state index contributed by atoms with van der Waals surface area (Å²) in [6.45, 7) is 2.43. The maximum Gasteiger partial charge on any atom is 0.408 e. The van der Waals surface area contributed by atoms with Crippen LogP contribution in [0.4, 0.5) is 10.5 Å². The van der Waals surface area contributed by atoms with Gasteiger partial charge in [0, 0.05) is 17.1 Å². The molecule has 2 N–H and O–H groups in total. The van der Waals surface area contributed by atoms with Crippen LogP contribution in [0.15, 0.2) is 103 Å². The number of carbonyl (C=O) groups is 2. The van der Waals surface area contributed by atoms with Crippen molar-refractivity contribution >= 4 is 29.3 Å². The number of anilines is 1. The van der Waals surface area contributed by atoms with Gasteiger partial charge >= 0.3 is 6.09 Å². The van der Waals surface area contributed by atoms with Gasteiger partial charge in [0.2, 0.25) is 5.91 Å². The Hall–Kier alpha value is -4.29. The highest BCUT2D eigenvalue weighted by molar-refractivity contribution is 6.31. The molecular formula is C31H29ClN2O4. The third-order valence-corrected chi connectivity index (χ3v) is 6.13. The van der Waals surface area contributed by atoms with Gasteiger partial charge in [-0.15, -0.1) is 0 Å². The van der Waals surface area contributed by atoms with Crippen molar-refractivity contribution in [3.8, 4) is 5.75 Å². The summed E-state index contributed by atoms with van der Waals surface area (Å²) in [6.07, 6.45) is -0.426. The lowest BCUT2D eigenvalue weighted by atomic mass is 10.0. The monoisotopic (exact) mass is 528 g/mol. The summed E-state index contributed by atoms with van der Waals surface area (Å²) >= 11 is 6.12. The Morgan fingerprint density at radius 3 is 2.08 bits per heavy atom. The first kappa shape index (κ1) is 26.8. The van der Waals surface area contributed by atoms with Crippen molar-refractivity contribution in [2.24, 2.45) is 0 Å². The van der Waals surface area contributed by atoms with E-state index in [1.54, 1.807) is 12.1 Å². The maximum atomic E-state index is 13.3. The molecule has 0 fully saturated rings. The number of halogens is 1. The number of carbonyl (C=O) groups excluding carboxylic acids is 2. The van der Waals surface area contributed by atoms with Crippen LogP contribution in [0.2, 0.25) is 5.02 Å². The van der Waals surface area contributed by atoms with Crippen LogP contribution in [0, 0.1) is 6.92 Å². The molecule has 4 aromatic carbocycles. The third-order valence-electron chi connectivity index (χ3n) is 5.89. The van der Waals surface area contributed by atoms with Crippen molar-refractivity contribution in [3.63, 3.8) is 0 Å². The third kappa shape index (κ3) is 8.11. The molecule has 0 radical (unpaired) electrons. The summed E-state index contributed by atoms with van der Waals surface area (Å²) in [4.78, 5) is 25.9. The van der Waals surface area contributed by atoms with E-state index in [0.717, 1.165) is 22.3 Å². The van der Waals surface area contributed by atoms with Gasteiger partial charge in [-0.25, -0.2) is 4.79 Å². The van der Waals surface area contributed by atoms with Crippen LogP contribution < -0.4 is 15.4 Å². The molecule has 4 aromatic rings. The molecule has 0 unspecified atom stereocenters. The summed E-state index contributed by atoms with van der Waals surface area (Å²) in [7, 11) is 0. The minimum absolute atomic E-state index is 0.0991. The number of ether oxygens (including phenoxy) is 2. The second-order valence-electron chi connectivity index (χ2n) is 8.83. The Morgan fingerprint density at radius 2 is 1.42 bits per heavy atom. The van der Waals surface area contributed by atoms with E-state index in [1.807, 2.05) is 97.9 Å². The molecule has 4 rings (SSSR count). The van der Waals surface area contributed by atoms with Crippen molar-refractivity contribution in [3.05, 3.63) is 130 Å². The highest BCUT2D eigenvalue weighted by Gasteiger charge is 2.23. The van der Waals surface area contributed by atoms with Gasteiger partial charge in [0.15, 0.2) is 0 Å². The molecule has 0 saturated heterocycles. The van der Waals surface area contributed by atoms with Gasteiger partial charge in [-0.05, 0) is 53.4 Å². The van der Waals surface area contributed by atoms with Gasteiger partial charge in [0.05, 0.1) is 0 Å². The maximum absolute atomic E-state index is 13.3. The fourth-order valence-electron chi connectivity index (χ4n) is 3.76. The second kappa shape index (κ2) is 13.3. The van der Waals surface area contributed by atoms with Crippen LogP contribution in [0.3, 0.4) is 0 Å². The topological polar surface area (TPSA) is 76.7 Å². The molecule has 2 amide bonds. The zero-order valence-corrected chi connectivity index (χ0v) is 21.8. The first-order valence-corrected chi connectivity index (χ1v) is 12.6. The number of alkyl carbamates (subject to hydrolysis) is 1. The van der Waals surface area contributed by atoms with E-state index in [1.165, 1.54) is 0 Å². The Morgan fingerprint density at radius 1 is 0.789 bits per heavy atom. The zero-order valence-electron chi connectivity index (χ0n) is 21.0. The molecule has 0 aromatic heterocycles. The van der Waals surface area contributed by atoms with Crippen molar-refractivity contribution < 1.29 is 19.1 Å². The summed E-state index contributed by atoms with van der Waals surface area (Å²) < 4.78 is 11.2. The minimum atomic E-state index is -0.882. The molecule has 0 bridgehead atoms. The van der Waals surface area contributed by atoms with E-state index in [0.29, 0.717) is 23.1 Å². The summed E-state index contributed by atoms with van der Waals surface area (Å²) in [5.74, 6) is 0.333. The van der Waals surface area contributed by atoms with Crippen molar-refractivity contribution in [1.82, 2.24) is 5.32 Å². The lowest BCUT2D eigenvalue weighted by Gasteiger charge is -2.19. The van der Waals surface area contributed by atoms with Crippen LogP contribution in [-0.4, -0.2) is 18.0 Å². The zero-order chi connectivity index (χ0) is 26.7. The Kier molecular flexibility index (Phi) is 9.37.